The van der Waals surface area contributed by atoms with Crippen molar-refractivity contribution in [1.82, 2.24) is 15.0 Å². The Morgan fingerprint density at radius 3 is 2.60 bits per heavy atom. The van der Waals surface area contributed by atoms with Crippen molar-refractivity contribution in [1.29, 1.82) is 0 Å². The number of benzene rings is 1. The molecule has 2 fully saturated rings. The summed E-state index contributed by atoms with van der Waals surface area (Å²) >= 11 is 0. The highest BCUT2D eigenvalue weighted by atomic mass is 19.1. The SMILES string of the molecule is C=Cc1ccc(-c2nc(-c3ccccc3F)c3c(n2)[C@]2(C)CCC4(OCCO4)[C@H](C)[C@H]2CC3)cn1. The molecule has 35 heavy (non-hydrogen) atoms. The predicted molar refractivity (Wildman–Crippen MR) is 133 cm³/mol. The van der Waals surface area contributed by atoms with E-state index in [4.69, 9.17) is 19.4 Å². The fraction of sp³-hybridized carbons (Fsp3) is 0.414. The molecule has 3 atom stereocenters. The number of ether oxygens (including phenoxy) is 2. The van der Waals surface area contributed by atoms with Crippen LogP contribution in [-0.4, -0.2) is 34.0 Å². The summed E-state index contributed by atoms with van der Waals surface area (Å²) in [6, 6.07) is 10.7. The molecule has 6 heteroatoms. The van der Waals surface area contributed by atoms with Crippen molar-refractivity contribution in [2.75, 3.05) is 13.2 Å². The van der Waals surface area contributed by atoms with E-state index >= 15 is 4.39 Å². The highest BCUT2D eigenvalue weighted by molar-refractivity contribution is 5.69. The average Bonchev–Trinajstić information content (AvgIpc) is 3.37. The first-order chi connectivity index (χ1) is 16.9. The van der Waals surface area contributed by atoms with Crippen LogP contribution in [-0.2, 0) is 21.3 Å². The summed E-state index contributed by atoms with van der Waals surface area (Å²) in [7, 11) is 0. The van der Waals surface area contributed by atoms with Crippen LogP contribution in [0.3, 0.4) is 0 Å². The first-order valence-electron chi connectivity index (χ1n) is 12.5. The average molecular weight is 472 g/mol. The lowest BCUT2D eigenvalue weighted by molar-refractivity contribution is -0.234. The predicted octanol–water partition coefficient (Wildman–Crippen LogP) is 5.98. The zero-order valence-corrected chi connectivity index (χ0v) is 20.3. The Hall–Kier alpha value is -2.96. The van der Waals surface area contributed by atoms with Gasteiger partial charge in [-0.1, -0.05) is 32.6 Å². The summed E-state index contributed by atoms with van der Waals surface area (Å²) in [6.45, 7) is 9.67. The quantitative estimate of drug-likeness (QED) is 0.470. The maximum Gasteiger partial charge on any atom is 0.171 e. The second-order valence-corrected chi connectivity index (χ2v) is 10.2. The highest BCUT2D eigenvalue weighted by Crippen LogP contribution is 2.57. The van der Waals surface area contributed by atoms with Crippen LogP contribution in [0.2, 0.25) is 0 Å². The Morgan fingerprint density at radius 2 is 1.89 bits per heavy atom. The minimum atomic E-state index is -0.490. The second kappa shape index (κ2) is 8.32. The van der Waals surface area contributed by atoms with Gasteiger partial charge in [-0.05, 0) is 55.5 Å². The number of fused-ring (bicyclic) bond motifs is 3. The molecule has 0 N–H and O–H groups in total. The van der Waals surface area contributed by atoms with Crippen LogP contribution < -0.4 is 0 Å². The van der Waals surface area contributed by atoms with Crippen LogP contribution in [0.4, 0.5) is 4.39 Å². The standard InChI is InChI=1S/C29H30FN3O2/c1-4-20-10-9-19(17-31-20)27-32-25(21-7-5-6-8-24(21)30)22-11-12-23-18(2)29(34-15-16-35-29)14-13-28(23,3)26(22)33-27/h4-10,17-18,23H,1,11-16H2,2-3H3/t18-,23-,28-/m1/s1. The molecule has 1 saturated carbocycles. The van der Waals surface area contributed by atoms with Gasteiger partial charge in [0, 0.05) is 40.6 Å². The molecular weight excluding hydrogens is 441 g/mol. The third kappa shape index (κ3) is 3.46. The lowest BCUT2D eigenvalue weighted by Gasteiger charge is -2.54. The molecule has 5 nitrogen and oxygen atoms in total. The van der Waals surface area contributed by atoms with Gasteiger partial charge in [0.05, 0.1) is 30.3 Å². The molecule has 0 amide bonds. The molecule has 180 valence electrons. The smallest absolute Gasteiger partial charge is 0.171 e. The van der Waals surface area contributed by atoms with Crippen molar-refractivity contribution in [3.8, 4) is 22.6 Å². The van der Waals surface area contributed by atoms with Gasteiger partial charge < -0.3 is 9.47 Å². The molecule has 1 saturated heterocycles. The molecule has 6 rings (SSSR count). The topological polar surface area (TPSA) is 57.1 Å². The van der Waals surface area contributed by atoms with Crippen molar-refractivity contribution in [2.24, 2.45) is 11.8 Å². The number of halogens is 1. The number of pyridine rings is 1. The first kappa shape index (κ1) is 22.5. The summed E-state index contributed by atoms with van der Waals surface area (Å²) in [5.41, 5.74) is 4.72. The number of hydrogen-bond acceptors (Lipinski definition) is 5. The van der Waals surface area contributed by atoms with Gasteiger partial charge in [0.1, 0.15) is 5.82 Å². The van der Waals surface area contributed by atoms with E-state index in [2.05, 4.69) is 25.4 Å². The molecule has 3 aromatic rings. The van der Waals surface area contributed by atoms with E-state index in [1.54, 1.807) is 18.3 Å². The fourth-order valence-corrected chi connectivity index (χ4v) is 6.60. The number of rotatable bonds is 3. The zero-order valence-electron chi connectivity index (χ0n) is 20.3. The van der Waals surface area contributed by atoms with Crippen molar-refractivity contribution in [3.05, 3.63) is 71.9 Å². The van der Waals surface area contributed by atoms with Gasteiger partial charge in [-0.3, -0.25) is 4.98 Å². The zero-order chi connectivity index (χ0) is 24.2. The summed E-state index contributed by atoms with van der Waals surface area (Å²) in [4.78, 5) is 14.6. The largest absolute Gasteiger partial charge is 0.347 e. The highest BCUT2D eigenvalue weighted by Gasteiger charge is 2.57. The molecular formula is C29H30FN3O2. The van der Waals surface area contributed by atoms with Gasteiger partial charge in [-0.25, -0.2) is 14.4 Å². The minimum absolute atomic E-state index is 0.181. The van der Waals surface area contributed by atoms with E-state index in [-0.39, 0.29) is 17.2 Å². The van der Waals surface area contributed by atoms with Gasteiger partial charge in [0.25, 0.3) is 0 Å². The second-order valence-electron chi connectivity index (χ2n) is 10.2. The van der Waals surface area contributed by atoms with Gasteiger partial charge in [-0.15, -0.1) is 0 Å². The van der Waals surface area contributed by atoms with Gasteiger partial charge in [0.2, 0.25) is 0 Å². The van der Waals surface area contributed by atoms with E-state index in [1.807, 2.05) is 24.3 Å². The Labute approximate surface area is 205 Å². The molecule has 3 heterocycles. The van der Waals surface area contributed by atoms with Crippen LogP contribution in [0.1, 0.15) is 50.1 Å². The van der Waals surface area contributed by atoms with Crippen molar-refractivity contribution in [2.45, 2.75) is 50.7 Å². The Kier molecular flexibility index (Phi) is 5.35. The molecule has 1 aromatic carbocycles. The molecule has 2 aliphatic carbocycles. The van der Waals surface area contributed by atoms with Crippen molar-refractivity contribution >= 4 is 6.08 Å². The molecule has 0 radical (unpaired) electrons. The molecule has 3 aliphatic rings. The van der Waals surface area contributed by atoms with Crippen molar-refractivity contribution in [3.63, 3.8) is 0 Å². The third-order valence-electron chi connectivity index (χ3n) is 8.52. The van der Waals surface area contributed by atoms with Crippen LogP contribution in [0.15, 0.2) is 49.2 Å². The maximum absolute atomic E-state index is 15.1. The maximum atomic E-state index is 15.1. The van der Waals surface area contributed by atoms with Crippen molar-refractivity contribution < 1.29 is 13.9 Å². The van der Waals surface area contributed by atoms with Crippen LogP contribution >= 0.6 is 0 Å². The lowest BCUT2D eigenvalue weighted by Crippen LogP contribution is -2.55. The fourth-order valence-electron chi connectivity index (χ4n) is 6.60. The van der Waals surface area contributed by atoms with Crippen LogP contribution in [0, 0.1) is 17.7 Å². The summed E-state index contributed by atoms with van der Waals surface area (Å²) in [5, 5.41) is 0. The van der Waals surface area contributed by atoms with Gasteiger partial charge in [-0.2, -0.15) is 0 Å². The van der Waals surface area contributed by atoms with Gasteiger partial charge in [0.15, 0.2) is 11.6 Å². The monoisotopic (exact) mass is 471 g/mol. The Bertz CT molecular complexity index is 1290. The molecule has 1 aliphatic heterocycles. The number of hydrogen-bond donors (Lipinski definition) is 0. The number of nitrogens with zero attached hydrogens (tertiary/aromatic N) is 3. The van der Waals surface area contributed by atoms with E-state index in [1.165, 1.54) is 6.07 Å². The van der Waals surface area contributed by atoms with E-state index < -0.39 is 5.79 Å². The Balaban J connectivity index is 1.53. The van der Waals surface area contributed by atoms with E-state index in [0.29, 0.717) is 36.2 Å². The summed E-state index contributed by atoms with van der Waals surface area (Å²) in [6.07, 6.45) is 6.97. The van der Waals surface area contributed by atoms with E-state index in [0.717, 1.165) is 48.2 Å². The molecule has 1 spiro atoms. The van der Waals surface area contributed by atoms with E-state index in [9.17, 15) is 0 Å². The van der Waals surface area contributed by atoms with Crippen LogP contribution in [0.25, 0.3) is 28.7 Å². The van der Waals surface area contributed by atoms with Gasteiger partial charge >= 0.3 is 0 Å². The normalized spacial score (nSPS) is 26.8. The number of aromatic nitrogens is 3. The van der Waals surface area contributed by atoms with Crippen LogP contribution in [0.5, 0.6) is 0 Å². The summed E-state index contributed by atoms with van der Waals surface area (Å²) < 4.78 is 27.4. The Morgan fingerprint density at radius 1 is 1.09 bits per heavy atom. The molecule has 0 bridgehead atoms. The third-order valence-corrected chi connectivity index (χ3v) is 8.52. The first-order valence-corrected chi connectivity index (χ1v) is 12.5. The molecule has 0 unspecified atom stereocenters. The minimum Gasteiger partial charge on any atom is -0.347 e. The summed E-state index contributed by atoms with van der Waals surface area (Å²) in [5.74, 6) is 0.403. The lowest BCUT2D eigenvalue weighted by atomic mass is 9.54. The molecule has 2 aromatic heterocycles.